The molecule has 6 N–H and O–H groups in total. The Balaban J connectivity index is 1.64. The molecule has 0 aliphatic carbocycles. The minimum Gasteiger partial charge on any atom is -0.492 e. The van der Waals surface area contributed by atoms with Gasteiger partial charge in [-0.05, 0) is 44.3 Å². The normalized spacial score (nSPS) is 14.0. The first-order chi connectivity index (χ1) is 19.4. The second-order valence-electron chi connectivity index (χ2n) is 8.84. The molecule has 1 amide bonds. The zero-order chi connectivity index (χ0) is 28.5. The Bertz CT molecular complexity index is 1430. The van der Waals surface area contributed by atoms with Crippen LogP contribution >= 0.6 is 11.6 Å². The van der Waals surface area contributed by atoms with Gasteiger partial charge in [0, 0.05) is 42.2 Å². The van der Waals surface area contributed by atoms with Crippen molar-refractivity contribution in [2.45, 2.75) is 6.92 Å². The maximum atomic E-state index is 12.6. The molecule has 11 heteroatoms. The number of nitrogens with zero attached hydrogens (tertiary/aromatic N) is 2. The van der Waals surface area contributed by atoms with E-state index in [1.54, 1.807) is 43.5 Å². The topological polar surface area (TPSA) is 137 Å². The van der Waals surface area contributed by atoms with Gasteiger partial charge in [0.1, 0.15) is 18.1 Å². The van der Waals surface area contributed by atoms with E-state index in [1.165, 1.54) is 11.1 Å². The quantitative estimate of drug-likeness (QED) is 0.157. The number of hydrogen-bond acceptors (Lipinski definition) is 9. The van der Waals surface area contributed by atoms with Gasteiger partial charge < -0.3 is 30.7 Å². The van der Waals surface area contributed by atoms with Crippen molar-refractivity contribution in [3.05, 3.63) is 82.6 Å². The van der Waals surface area contributed by atoms with Crippen LogP contribution in [0.25, 0.3) is 5.70 Å². The molecule has 2 heterocycles. The van der Waals surface area contributed by atoms with Gasteiger partial charge in [0.25, 0.3) is 0 Å². The molecule has 0 saturated carbocycles. The summed E-state index contributed by atoms with van der Waals surface area (Å²) in [6.07, 6.45) is 9.09. The van der Waals surface area contributed by atoms with Crippen molar-refractivity contribution in [2.75, 3.05) is 55.5 Å². The van der Waals surface area contributed by atoms with Crippen LogP contribution in [0.4, 0.5) is 17.1 Å². The van der Waals surface area contributed by atoms with Crippen LogP contribution in [0.15, 0.2) is 72.0 Å². The first kappa shape index (κ1) is 28.6. The Morgan fingerprint density at radius 2 is 2.10 bits per heavy atom. The lowest BCUT2D eigenvalue weighted by Crippen LogP contribution is -2.33. The van der Waals surface area contributed by atoms with Gasteiger partial charge in [-0.3, -0.25) is 9.80 Å². The van der Waals surface area contributed by atoms with Gasteiger partial charge in [-0.15, -0.1) is 0 Å². The predicted octanol–water partition coefficient (Wildman–Crippen LogP) is 3.92. The van der Waals surface area contributed by atoms with Gasteiger partial charge in [0.2, 0.25) is 5.91 Å². The lowest BCUT2D eigenvalue weighted by molar-refractivity contribution is -0.111. The smallest absolute Gasteiger partial charge is 0.248 e. The second-order valence-corrected chi connectivity index (χ2v) is 9.25. The number of amides is 1. The summed E-state index contributed by atoms with van der Waals surface area (Å²) in [6.45, 7) is 4.19. The Morgan fingerprint density at radius 3 is 2.80 bits per heavy atom. The van der Waals surface area contributed by atoms with Crippen molar-refractivity contribution < 1.29 is 14.3 Å². The molecule has 0 atom stereocenters. The first-order valence-corrected chi connectivity index (χ1v) is 13.2. The van der Waals surface area contributed by atoms with Gasteiger partial charge in [-0.1, -0.05) is 29.8 Å². The van der Waals surface area contributed by atoms with Crippen LogP contribution in [0.3, 0.4) is 0 Å². The Kier molecular flexibility index (Phi) is 9.70. The number of nitrogens with two attached hydrogens (primary N) is 1. The largest absolute Gasteiger partial charge is 0.492 e. The minimum absolute atomic E-state index is 0.266. The van der Waals surface area contributed by atoms with E-state index in [4.69, 9.17) is 26.9 Å². The number of dihydropyridines is 1. The fraction of sp³-hybridized carbons (Fsp3) is 0.241. The molecule has 2 aromatic rings. The van der Waals surface area contributed by atoms with E-state index in [1.807, 2.05) is 25.2 Å². The number of carbonyl (C=O) groups is 1. The number of benzene rings is 2. The van der Waals surface area contributed by atoms with Crippen LogP contribution in [-0.4, -0.2) is 45.8 Å². The zero-order valence-electron chi connectivity index (χ0n) is 22.4. The van der Waals surface area contributed by atoms with Crippen molar-refractivity contribution in [2.24, 2.45) is 5.84 Å². The lowest BCUT2D eigenvalue weighted by atomic mass is 9.98. The van der Waals surface area contributed by atoms with E-state index in [9.17, 15) is 10.1 Å². The SMILES string of the molecule is CCOc1cc2c(cc1NC(=O)/C=C/CNC)C(N(N)c1ccc(OCC3=CC=CCN3)c(Cl)c1)=C(C#N)CN2. The summed E-state index contributed by atoms with van der Waals surface area (Å²) >= 11 is 6.56. The van der Waals surface area contributed by atoms with E-state index < -0.39 is 0 Å². The first-order valence-electron chi connectivity index (χ1n) is 12.8. The summed E-state index contributed by atoms with van der Waals surface area (Å²) in [5, 5.41) is 24.1. The van der Waals surface area contributed by atoms with Crippen LogP contribution in [-0.2, 0) is 4.79 Å². The van der Waals surface area contributed by atoms with E-state index in [0.717, 1.165) is 12.2 Å². The molecule has 2 aromatic carbocycles. The number of halogens is 1. The molecule has 2 aliphatic heterocycles. The van der Waals surface area contributed by atoms with Crippen molar-refractivity contribution in [3.8, 4) is 17.6 Å². The van der Waals surface area contributed by atoms with Gasteiger partial charge >= 0.3 is 0 Å². The highest BCUT2D eigenvalue weighted by molar-refractivity contribution is 6.32. The number of nitrogens with one attached hydrogen (secondary N) is 4. The Morgan fingerprint density at radius 1 is 1.25 bits per heavy atom. The summed E-state index contributed by atoms with van der Waals surface area (Å²) in [6, 6.07) is 11.0. The number of hydrogen-bond donors (Lipinski definition) is 5. The maximum absolute atomic E-state index is 12.6. The number of anilines is 3. The number of ether oxygens (including phenoxy) is 2. The van der Waals surface area contributed by atoms with E-state index >= 15 is 0 Å². The average Bonchev–Trinajstić information content (AvgIpc) is 2.96. The number of carbonyl (C=O) groups excluding carboxylic acids is 1. The molecule has 0 radical (unpaired) electrons. The van der Waals surface area contributed by atoms with Gasteiger partial charge in [-0.25, -0.2) is 5.84 Å². The molecule has 10 nitrogen and oxygen atoms in total. The monoisotopic (exact) mass is 561 g/mol. The van der Waals surface area contributed by atoms with Crippen LogP contribution in [0, 0.1) is 11.3 Å². The minimum atomic E-state index is -0.312. The number of allylic oxidation sites excluding steroid dienone is 2. The third kappa shape index (κ3) is 6.76. The number of likely N-dealkylation sites (N-methyl/N-ethyl adjacent to an activating group) is 1. The third-order valence-electron chi connectivity index (χ3n) is 6.10. The summed E-state index contributed by atoms with van der Waals surface area (Å²) in [7, 11) is 1.80. The molecule has 0 fully saturated rings. The lowest BCUT2D eigenvalue weighted by Gasteiger charge is -2.30. The molecule has 0 bridgehead atoms. The van der Waals surface area contributed by atoms with Gasteiger partial charge in [-0.2, -0.15) is 5.26 Å². The molecule has 40 heavy (non-hydrogen) atoms. The molecule has 0 spiro atoms. The standard InChI is InChI=1S/C29H32ClN7O3/c1-3-39-27-15-24-22(14-25(27)36-28(38)8-6-11-33-2)29(19(16-31)17-35-24)37(32)21-9-10-26(23(30)13-21)40-18-20-7-4-5-12-34-20/h4-10,13-15,33-35H,3,11-12,17-18,32H2,1-2H3,(H,36,38)/b8-6+. The molecular formula is C29H32ClN7O3. The number of nitriles is 1. The van der Waals surface area contributed by atoms with E-state index in [-0.39, 0.29) is 12.5 Å². The van der Waals surface area contributed by atoms with Gasteiger partial charge in [0.05, 0.1) is 46.9 Å². The summed E-state index contributed by atoms with van der Waals surface area (Å²) in [5.74, 6) is 7.31. The van der Waals surface area contributed by atoms with Crippen LogP contribution < -0.4 is 41.6 Å². The summed E-state index contributed by atoms with van der Waals surface area (Å²) in [5.41, 5.74) is 4.20. The average molecular weight is 562 g/mol. The number of hydrazine groups is 1. The maximum Gasteiger partial charge on any atom is 0.248 e. The van der Waals surface area contributed by atoms with Crippen molar-refractivity contribution >= 4 is 40.3 Å². The van der Waals surface area contributed by atoms with Crippen LogP contribution in [0.5, 0.6) is 11.5 Å². The highest BCUT2D eigenvalue weighted by atomic mass is 35.5. The van der Waals surface area contributed by atoms with Crippen LogP contribution in [0.1, 0.15) is 12.5 Å². The van der Waals surface area contributed by atoms with Crippen molar-refractivity contribution in [1.29, 1.82) is 5.26 Å². The molecule has 2 aliphatic rings. The van der Waals surface area contributed by atoms with Crippen molar-refractivity contribution in [3.63, 3.8) is 0 Å². The van der Waals surface area contributed by atoms with Crippen LogP contribution in [0.2, 0.25) is 5.02 Å². The summed E-state index contributed by atoms with van der Waals surface area (Å²) < 4.78 is 11.7. The number of fused-ring (bicyclic) bond motifs is 1. The molecule has 0 aromatic heterocycles. The fourth-order valence-corrected chi connectivity index (χ4v) is 4.42. The predicted molar refractivity (Wildman–Crippen MR) is 159 cm³/mol. The molecule has 208 valence electrons. The Hall–Kier alpha value is -4.43. The second kappa shape index (κ2) is 13.6. The third-order valence-corrected chi connectivity index (χ3v) is 6.39. The molecular weight excluding hydrogens is 530 g/mol. The Labute approximate surface area is 238 Å². The fourth-order valence-electron chi connectivity index (χ4n) is 4.19. The highest BCUT2D eigenvalue weighted by Gasteiger charge is 2.26. The molecule has 0 saturated heterocycles. The summed E-state index contributed by atoms with van der Waals surface area (Å²) in [4.78, 5) is 12.6. The molecule has 0 unspecified atom stereocenters. The van der Waals surface area contributed by atoms with E-state index in [0.29, 0.717) is 70.2 Å². The number of rotatable bonds is 11. The molecule has 4 rings (SSSR count). The van der Waals surface area contributed by atoms with Crippen molar-refractivity contribution in [1.82, 2.24) is 10.6 Å². The van der Waals surface area contributed by atoms with E-state index in [2.05, 4.69) is 27.3 Å². The highest BCUT2D eigenvalue weighted by Crippen LogP contribution is 2.41. The van der Waals surface area contributed by atoms with Gasteiger partial charge in [0.15, 0.2) is 0 Å². The zero-order valence-corrected chi connectivity index (χ0v) is 23.1.